The Morgan fingerprint density at radius 1 is 1.44 bits per heavy atom. The Labute approximate surface area is 107 Å². The Kier molecular flexibility index (Phi) is 3.45. The van der Waals surface area contributed by atoms with E-state index >= 15 is 0 Å². The molecule has 1 saturated heterocycles. The van der Waals surface area contributed by atoms with Gasteiger partial charge in [0.15, 0.2) is 0 Å². The number of anilines is 2. The molecule has 0 radical (unpaired) electrons. The Hall–Kier alpha value is -1.72. The number of aryl methyl sites for hydroxylation is 2. The van der Waals surface area contributed by atoms with Crippen LogP contribution in [0.15, 0.2) is 0 Å². The highest BCUT2D eigenvalue weighted by Gasteiger charge is 2.24. The molecule has 0 aliphatic carbocycles. The number of amides is 1. The van der Waals surface area contributed by atoms with Gasteiger partial charge in [-0.1, -0.05) is 0 Å². The zero-order chi connectivity index (χ0) is 13.3. The predicted molar refractivity (Wildman–Crippen MR) is 71.3 cm³/mol. The van der Waals surface area contributed by atoms with E-state index in [1.54, 1.807) is 4.68 Å². The standard InChI is InChI=1S/C12H21N5O/c1-8-10(13)11(16(3)15-8)14-9(2)12(18)17-6-4-5-7-17/h9,14H,4-7,13H2,1-3H3. The summed E-state index contributed by atoms with van der Waals surface area (Å²) >= 11 is 0. The molecule has 1 aliphatic heterocycles. The molecule has 1 aromatic rings. The van der Waals surface area contributed by atoms with Crippen molar-refractivity contribution in [2.24, 2.45) is 7.05 Å². The molecule has 18 heavy (non-hydrogen) atoms. The molecule has 0 saturated carbocycles. The van der Waals surface area contributed by atoms with Gasteiger partial charge in [-0.15, -0.1) is 0 Å². The number of hydrogen-bond acceptors (Lipinski definition) is 4. The van der Waals surface area contributed by atoms with Crippen LogP contribution in [0.1, 0.15) is 25.5 Å². The smallest absolute Gasteiger partial charge is 0.244 e. The quantitative estimate of drug-likeness (QED) is 0.830. The summed E-state index contributed by atoms with van der Waals surface area (Å²) in [6.45, 7) is 5.45. The highest BCUT2D eigenvalue weighted by atomic mass is 16.2. The van der Waals surface area contributed by atoms with E-state index in [1.807, 2.05) is 25.8 Å². The molecule has 1 unspecified atom stereocenters. The molecule has 0 bridgehead atoms. The van der Waals surface area contributed by atoms with E-state index in [0.717, 1.165) is 31.6 Å². The van der Waals surface area contributed by atoms with Gasteiger partial charge in [-0.25, -0.2) is 0 Å². The van der Waals surface area contributed by atoms with E-state index in [2.05, 4.69) is 10.4 Å². The number of hydrogen-bond donors (Lipinski definition) is 2. The number of carbonyl (C=O) groups is 1. The minimum absolute atomic E-state index is 0.130. The van der Waals surface area contributed by atoms with Crippen molar-refractivity contribution in [1.29, 1.82) is 0 Å². The second-order valence-corrected chi connectivity index (χ2v) is 4.87. The zero-order valence-electron chi connectivity index (χ0n) is 11.2. The molecule has 6 heteroatoms. The fourth-order valence-corrected chi connectivity index (χ4v) is 2.32. The summed E-state index contributed by atoms with van der Waals surface area (Å²) in [5, 5.41) is 7.38. The Morgan fingerprint density at radius 2 is 2.06 bits per heavy atom. The summed E-state index contributed by atoms with van der Waals surface area (Å²) in [6.07, 6.45) is 2.21. The first-order chi connectivity index (χ1) is 8.50. The number of likely N-dealkylation sites (tertiary alicyclic amines) is 1. The van der Waals surface area contributed by atoms with Gasteiger partial charge in [0.25, 0.3) is 0 Å². The third kappa shape index (κ3) is 2.27. The predicted octanol–water partition coefficient (Wildman–Crippen LogP) is 0.734. The number of aromatic nitrogens is 2. The third-order valence-corrected chi connectivity index (χ3v) is 3.41. The van der Waals surface area contributed by atoms with Crippen LogP contribution in [-0.4, -0.2) is 39.7 Å². The molecule has 100 valence electrons. The minimum atomic E-state index is -0.278. The number of nitrogens with one attached hydrogen (secondary N) is 1. The van der Waals surface area contributed by atoms with Gasteiger partial charge in [-0.2, -0.15) is 5.10 Å². The monoisotopic (exact) mass is 251 g/mol. The highest BCUT2D eigenvalue weighted by Crippen LogP contribution is 2.22. The van der Waals surface area contributed by atoms with Gasteiger partial charge >= 0.3 is 0 Å². The third-order valence-electron chi connectivity index (χ3n) is 3.41. The summed E-state index contributed by atoms with van der Waals surface area (Å²) in [6, 6.07) is -0.278. The number of nitrogens with two attached hydrogens (primary N) is 1. The van der Waals surface area contributed by atoms with Crippen LogP contribution in [0, 0.1) is 6.92 Å². The first-order valence-electron chi connectivity index (χ1n) is 6.35. The molecule has 1 fully saturated rings. The topological polar surface area (TPSA) is 76.2 Å². The van der Waals surface area contributed by atoms with Crippen molar-refractivity contribution in [3.05, 3.63) is 5.69 Å². The maximum Gasteiger partial charge on any atom is 0.244 e. The van der Waals surface area contributed by atoms with Crippen molar-refractivity contribution in [2.75, 3.05) is 24.1 Å². The highest BCUT2D eigenvalue weighted by molar-refractivity contribution is 5.85. The van der Waals surface area contributed by atoms with Crippen molar-refractivity contribution in [1.82, 2.24) is 14.7 Å². The summed E-state index contributed by atoms with van der Waals surface area (Å²) in [4.78, 5) is 14.1. The first kappa shape index (κ1) is 12.7. The van der Waals surface area contributed by atoms with Crippen LogP contribution in [0.4, 0.5) is 11.5 Å². The van der Waals surface area contributed by atoms with E-state index in [9.17, 15) is 4.79 Å². The van der Waals surface area contributed by atoms with Gasteiger partial charge in [-0.3, -0.25) is 9.48 Å². The number of carbonyl (C=O) groups excluding carboxylic acids is 1. The largest absolute Gasteiger partial charge is 0.394 e. The lowest BCUT2D eigenvalue weighted by Crippen LogP contribution is -2.40. The van der Waals surface area contributed by atoms with Crippen LogP contribution in [0.3, 0.4) is 0 Å². The normalized spacial score (nSPS) is 16.9. The molecular weight excluding hydrogens is 230 g/mol. The summed E-state index contributed by atoms with van der Waals surface area (Å²) < 4.78 is 1.68. The first-order valence-corrected chi connectivity index (χ1v) is 6.35. The molecule has 1 aliphatic rings. The van der Waals surface area contributed by atoms with Crippen LogP contribution in [-0.2, 0) is 11.8 Å². The molecule has 2 heterocycles. The Balaban J connectivity index is 2.06. The van der Waals surface area contributed by atoms with E-state index in [-0.39, 0.29) is 11.9 Å². The molecule has 0 aromatic carbocycles. The van der Waals surface area contributed by atoms with E-state index in [1.165, 1.54) is 0 Å². The van der Waals surface area contributed by atoms with E-state index in [4.69, 9.17) is 5.73 Å². The molecule has 0 spiro atoms. The van der Waals surface area contributed by atoms with Gasteiger partial charge in [0.1, 0.15) is 11.9 Å². The maximum absolute atomic E-state index is 12.2. The van der Waals surface area contributed by atoms with Gasteiger partial charge in [0, 0.05) is 20.1 Å². The number of nitrogens with zero attached hydrogens (tertiary/aromatic N) is 3. The second kappa shape index (κ2) is 4.88. The molecule has 1 aromatic heterocycles. The molecule has 3 N–H and O–H groups in total. The van der Waals surface area contributed by atoms with Gasteiger partial charge in [0.05, 0.1) is 11.4 Å². The van der Waals surface area contributed by atoms with Crippen LogP contribution >= 0.6 is 0 Å². The van der Waals surface area contributed by atoms with Crippen molar-refractivity contribution in [3.8, 4) is 0 Å². The molecule has 1 amide bonds. The molecule has 1 atom stereocenters. The Bertz CT molecular complexity index is 448. The van der Waals surface area contributed by atoms with E-state index in [0.29, 0.717) is 11.5 Å². The summed E-state index contributed by atoms with van der Waals surface area (Å²) in [5.41, 5.74) is 7.32. The van der Waals surface area contributed by atoms with Crippen molar-refractivity contribution >= 4 is 17.4 Å². The SMILES string of the molecule is Cc1nn(C)c(NC(C)C(=O)N2CCCC2)c1N. The summed E-state index contributed by atoms with van der Waals surface area (Å²) in [5.74, 6) is 0.846. The molecular formula is C12H21N5O. The maximum atomic E-state index is 12.2. The van der Waals surface area contributed by atoms with Crippen LogP contribution in [0.25, 0.3) is 0 Å². The van der Waals surface area contributed by atoms with Crippen molar-refractivity contribution in [3.63, 3.8) is 0 Å². The zero-order valence-corrected chi connectivity index (χ0v) is 11.2. The van der Waals surface area contributed by atoms with Gasteiger partial charge in [-0.05, 0) is 26.7 Å². The lowest BCUT2D eigenvalue weighted by molar-refractivity contribution is -0.130. The van der Waals surface area contributed by atoms with Crippen LogP contribution < -0.4 is 11.1 Å². The van der Waals surface area contributed by atoms with Crippen molar-refractivity contribution < 1.29 is 4.79 Å². The minimum Gasteiger partial charge on any atom is -0.394 e. The Morgan fingerprint density at radius 3 is 2.56 bits per heavy atom. The van der Waals surface area contributed by atoms with Crippen LogP contribution in [0.5, 0.6) is 0 Å². The number of rotatable bonds is 3. The van der Waals surface area contributed by atoms with Crippen LogP contribution in [0.2, 0.25) is 0 Å². The van der Waals surface area contributed by atoms with Crippen molar-refractivity contribution in [2.45, 2.75) is 32.7 Å². The lowest BCUT2D eigenvalue weighted by Gasteiger charge is -2.22. The van der Waals surface area contributed by atoms with Gasteiger partial charge in [0.2, 0.25) is 5.91 Å². The lowest BCUT2D eigenvalue weighted by atomic mass is 10.2. The second-order valence-electron chi connectivity index (χ2n) is 4.87. The average Bonchev–Trinajstić information content (AvgIpc) is 2.93. The van der Waals surface area contributed by atoms with E-state index < -0.39 is 0 Å². The number of nitrogen functional groups attached to an aromatic ring is 1. The molecule has 2 rings (SSSR count). The summed E-state index contributed by atoms with van der Waals surface area (Å²) in [7, 11) is 1.82. The van der Waals surface area contributed by atoms with Gasteiger partial charge < -0.3 is 16.0 Å². The fraction of sp³-hybridized carbons (Fsp3) is 0.667. The molecule has 6 nitrogen and oxygen atoms in total. The average molecular weight is 251 g/mol. The fourth-order valence-electron chi connectivity index (χ4n) is 2.32.